The predicted octanol–water partition coefficient (Wildman–Crippen LogP) is 3.49. The standard InChI is InChI=1S/C18H22FN3O2S/c1-5-6-15-17(12(2)3)21-16(11-25(23,24)20-4)22-18(15)13-7-9-14(19)10-8-13/h5-10,12,20H,11H2,1-4H3. The molecule has 2 aromatic rings. The number of hydrogen-bond acceptors (Lipinski definition) is 4. The van der Waals surface area contributed by atoms with E-state index in [2.05, 4.69) is 14.7 Å². The lowest BCUT2D eigenvalue weighted by Crippen LogP contribution is -2.22. The van der Waals surface area contributed by atoms with Crippen LogP contribution in [0.5, 0.6) is 0 Å². The van der Waals surface area contributed by atoms with Gasteiger partial charge >= 0.3 is 0 Å². The molecule has 1 N–H and O–H groups in total. The first-order valence-corrected chi connectivity index (χ1v) is 9.63. The molecule has 0 radical (unpaired) electrons. The van der Waals surface area contributed by atoms with Crippen molar-refractivity contribution in [3.63, 3.8) is 0 Å². The highest BCUT2D eigenvalue weighted by Gasteiger charge is 2.19. The van der Waals surface area contributed by atoms with Crippen molar-refractivity contribution in [1.29, 1.82) is 0 Å². The Hall–Kier alpha value is -2.12. The number of halogens is 1. The third kappa shape index (κ3) is 4.70. The second kappa shape index (κ2) is 7.84. The van der Waals surface area contributed by atoms with Gasteiger partial charge in [0, 0.05) is 11.1 Å². The van der Waals surface area contributed by atoms with Crippen molar-refractivity contribution in [2.24, 2.45) is 0 Å². The Morgan fingerprint density at radius 1 is 1.20 bits per heavy atom. The molecule has 2 rings (SSSR count). The second-order valence-corrected chi connectivity index (χ2v) is 7.84. The summed E-state index contributed by atoms with van der Waals surface area (Å²) in [6.45, 7) is 5.86. The Labute approximate surface area is 148 Å². The Bertz CT molecular complexity index is 876. The molecule has 0 aliphatic rings. The minimum absolute atomic E-state index is 0.0736. The van der Waals surface area contributed by atoms with Gasteiger partial charge in [-0.1, -0.05) is 26.0 Å². The molecule has 5 nitrogen and oxygen atoms in total. The minimum Gasteiger partial charge on any atom is -0.236 e. The van der Waals surface area contributed by atoms with Crippen LogP contribution in [0.2, 0.25) is 0 Å². The number of rotatable bonds is 6. The average Bonchev–Trinajstić information content (AvgIpc) is 2.56. The van der Waals surface area contributed by atoms with Crippen LogP contribution < -0.4 is 4.72 Å². The summed E-state index contributed by atoms with van der Waals surface area (Å²) < 4.78 is 39.3. The molecule has 0 fully saturated rings. The lowest BCUT2D eigenvalue weighted by molar-refractivity contribution is 0.585. The van der Waals surface area contributed by atoms with E-state index in [-0.39, 0.29) is 23.3 Å². The van der Waals surface area contributed by atoms with Crippen LogP contribution in [-0.4, -0.2) is 25.4 Å². The van der Waals surface area contributed by atoms with Gasteiger partial charge in [0.05, 0.1) is 11.4 Å². The highest BCUT2D eigenvalue weighted by Crippen LogP contribution is 2.29. The van der Waals surface area contributed by atoms with Crippen LogP contribution in [0, 0.1) is 5.82 Å². The highest BCUT2D eigenvalue weighted by molar-refractivity contribution is 7.88. The molecule has 0 unspecified atom stereocenters. The zero-order chi connectivity index (χ0) is 18.6. The fraction of sp³-hybridized carbons (Fsp3) is 0.333. The van der Waals surface area contributed by atoms with Gasteiger partial charge < -0.3 is 0 Å². The van der Waals surface area contributed by atoms with Gasteiger partial charge in [0.25, 0.3) is 0 Å². The van der Waals surface area contributed by atoms with Crippen LogP contribution >= 0.6 is 0 Å². The Balaban J connectivity index is 2.72. The number of hydrogen-bond donors (Lipinski definition) is 1. The van der Waals surface area contributed by atoms with Gasteiger partial charge in [-0.15, -0.1) is 0 Å². The van der Waals surface area contributed by atoms with E-state index in [1.54, 1.807) is 12.1 Å². The molecule has 7 heteroatoms. The molecule has 1 heterocycles. The van der Waals surface area contributed by atoms with Crippen molar-refractivity contribution in [3.8, 4) is 11.3 Å². The fourth-order valence-corrected chi connectivity index (χ4v) is 3.05. The van der Waals surface area contributed by atoms with E-state index in [0.29, 0.717) is 11.3 Å². The maximum Gasteiger partial charge on any atom is 0.218 e. The lowest BCUT2D eigenvalue weighted by Gasteiger charge is -2.16. The number of allylic oxidation sites excluding steroid dienone is 1. The van der Waals surface area contributed by atoms with E-state index in [1.807, 2.05) is 32.9 Å². The maximum atomic E-state index is 13.3. The molecule has 0 saturated heterocycles. The maximum absolute atomic E-state index is 13.3. The lowest BCUT2D eigenvalue weighted by atomic mass is 9.98. The SMILES string of the molecule is CC=Cc1c(-c2ccc(F)cc2)nc(CS(=O)(=O)NC)nc1C(C)C. The summed E-state index contributed by atoms with van der Waals surface area (Å²) in [7, 11) is -2.14. The normalized spacial score (nSPS) is 12.2. The van der Waals surface area contributed by atoms with Gasteiger partial charge in [0.2, 0.25) is 10.0 Å². The molecule has 0 spiro atoms. The van der Waals surface area contributed by atoms with Gasteiger partial charge in [0.1, 0.15) is 17.4 Å². The predicted molar refractivity (Wildman–Crippen MR) is 97.9 cm³/mol. The topological polar surface area (TPSA) is 72.0 Å². The van der Waals surface area contributed by atoms with E-state index in [4.69, 9.17) is 0 Å². The summed E-state index contributed by atoms with van der Waals surface area (Å²) in [5, 5.41) is 0. The summed E-state index contributed by atoms with van der Waals surface area (Å²) in [4.78, 5) is 8.94. The van der Waals surface area contributed by atoms with Crippen LogP contribution in [0.25, 0.3) is 17.3 Å². The van der Waals surface area contributed by atoms with Crippen molar-refractivity contribution in [2.75, 3.05) is 7.05 Å². The van der Waals surface area contributed by atoms with E-state index >= 15 is 0 Å². The summed E-state index contributed by atoms with van der Waals surface area (Å²) >= 11 is 0. The zero-order valence-electron chi connectivity index (χ0n) is 14.7. The molecule has 134 valence electrons. The summed E-state index contributed by atoms with van der Waals surface area (Å²) in [5.41, 5.74) is 2.88. The fourth-order valence-electron chi connectivity index (χ4n) is 2.44. The number of nitrogens with one attached hydrogen (secondary N) is 1. The average molecular weight is 363 g/mol. The van der Waals surface area contributed by atoms with Gasteiger partial charge in [0.15, 0.2) is 0 Å². The molecule has 1 aromatic carbocycles. The third-order valence-electron chi connectivity index (χ3n) is 3.65. The molecule has 1 aromatic heterocycles. The van der Waals surface area contributed by atoms with E-state index in [9.17, 15) is 12.8 Å². The number of sulfonamides is 1. The first kappa shape index (κ1) is 19.2. The molecular formula is C18H22FN3O2S. The van der Waals surface area contributed by atoms with Gasteiger partial charge in [-0.3, -0.25) is 0 Å². The first-order valence-electron chi connectivity index (χ1n) is 7.98. The molecular weight excluding hydrogens is 341 g/mol. The van der Waals surface area contributed by atoms with Gasteiger partial charge in [-0.2, -0.15) is 0 Å². The van der Waals surface area contributed by atoms with Crippen LogP contribution in [0.1, 0.15) is 43.8 Å². The quantitative estimate of drug-likeness (QED) is 0.853. The Morgan fingerprint density at radius 3 is 2.36 bits per heavy atom. The molecule has 0 amide bonds. The van der Waals surface area contributed by atoms with Gasteiger partial charge in [-0.05, 0) is 44.2 Å². The first-order chi connectivity index (χ1) is 11.8. The minimum atomic E-state index is -3.50. The number of nitrogens with zero attached hydrogens (tertiary/aromatic N) is 2. The van der Waals surface area contributed by atoms with Crippen LogP contribution in [-0.2, 0) is 15.8 Å². The number of benzene rings is 1. The summed E-state index contributed by atoms with van der Waals surface area (Å²) in [5.74, 6) is -0.365. The van der Waals surface area contributed by atoms with Crippen LogP contribution in [0.3, 0.4) is 0 Å². The molecule has 0 aliphatic carbocycles. The third-order valence-corrected chi connectivity index (χ3v) is 4.91. The smallest absolute Gasteiger partial charge is 0.218 e. The van der Waals surface area contributed by atoms with E-state index in [0.717, 1.165) is 11.3 Å². The van der Waals surface area contributed by atoms with Crippen molar-refractivity contribution in [2.45, 2.75) is 32.4 Å². The molecule has 0 bridgehead atoms. The largest absolute Gasteiger partial charge is 0.236 e. The Morgan fingerprint density at radius 2 is 1.84 bits per heavy atom. The van der Waals surface area contributed by atoms with Gasteiger partial charge in [-0.25, -0.2) is 27.5 Å². The van der Waals surface area contributed by atoms with Crippen molar-refractivity contribution < 1.29 is 12.8 Å². The highest BCUT2D eigenvalue weighted by atomic mass is 32.2. The molecule has 0 aliphatic heterocycles. The van der Waals surface area contributed by atoms with Crippen molar-refractivity contribution in [3.05, 3.63) is 53.2 Å². The second-order valence-electron chi connectivity index (χ2n) is 5.91. The van der Waals surface area contributed by atoms with Crippen LogP contribution in [0.4, 0.5) is 4.39 Å². The number of aromatic nitrogens is 2. The molecule has 0 saturated carbocycles. The Kier molecular flexibility index (Phi) is 6.02. The summed E-state index contributed by atoms with van der Waals surface area (Å²) in [6, 6.07) is 5.97. The van der Waals surface area contributed by atoms with Crippen LogP contribution in [0.15, 0.2) is 30.3 Å². The monoisotopic (exact) mass is 363 g/mol. The van der Waals surface area contributed by atoms with E-state index < -0.39 is 10.0 Å². The van der Waals surface area contributed by atoms with Crippen molar-refractivity contribution >= 4 is 16.1 Å². The summed E-state index contributed by atoms with van der Waals surface area (Å²) in [6.07, 6.45) is 3.77. The van der Waals surface area contributed by atoms with Crippen molar-refractivity contribution in [1.82, 2.24) is 14.7 Å². The van der Waals surface area contributed by atoms with E-state index in [1.165, 1.54) is 19.2 Å². The molecule has 25 heavy (non-hydrogen) atoms. The molecule has 0 atom stereocenters. The zero-order valence-corrected chi connectivity index (χ0v) is 15.6.